The smallest absolute Gasteiger partial charge is 0.280 e. The van der Waals surface area contributed by atoms with Crippen LogP contribution in [-0.4, -0.2) is 12.5 Å². The van der Waals surface area contributed by atoms with Gasteiger partial charge in [0.15, 0.2) is 0 Å². The molecule has 0 fully saturated rings. The van der Waals surface area contributed by atoms with Gasteiger partial charge in [0, 0.05) is 11.6 Å². The fraction of sp³-hybridized carbons (Fsp3) is 0.500. The van der Waals surface area contributed by atoms with Crippen molar-refractivity contribution in [3.8, 4) is 0 Å². The van der Waals surface area contributed by atoms with Crippen molar-refractivity contribution in [1.29, 1.82) is 0 Å². The van der Waals surface area contributed by atoms with Gasteiger partial charge in [-0.2, -0.15) is 4.89 Å². The highest BCUT2D eigenvalue weighted by Gasteiger charge is 1.88. The third kappa shape index (κ3) is 3.72. The Kier molecular flexibility index (Phi) is 2.80. The Morgan fingerprint density at radius 3 is 2.33 bits per heavy atom. The average Bonchev–Trinajstić information content (AvgIpc) is 1.35. The van der Waals surface area contributed by atoms with Crippen molar-refractivity contribution in [2.45, 2.75) is 0 Å². The lowest BCUT2D eigenvalue weighted by atomic mass is 11.6. The van der Waals surface area contributed by atoms with E-state index < -0.39 is 5.43 Å². The Bertz CT molecular complexity index is 52.8. The molecule has 0 aromatic heterocycles. The van der Waals surface area contributed by atoms with Crippen LogP contribution in [0.25, 0.3) is 0 Å². The normalized spacial score (nSPS) is 7.67. The molecule has 0 bridgehead atoms. The quantitative estimate of drug-likeness (QED) is 0.286. The first-order chi connectivity index (χ1) is 2.77. The average molecular weight is 110 g/mol. The maximum atomic E-state index is 9.46. The van der Waals surface area contributed by atoms with Crippen LogP contribution in [0.5, 0.6) is 0 Å². The molecule has 0 radical (unpaired) electrons. The first-order valence-electron chi connectivity index (χ1n) is 1.17. The van der Waals surface area contributed by atoms with Crippen molar-refractivity contribution >= 4 is 17.0 Å². The van der Waals surface area contributed by atoms with E-state index in [1.54, 1.807) is 0 Å². The second-order valence-electron chi connectivity index (χ2n) is 0.488. The fourth-order valence-corrected chi connectivity index (χ4v) is 0.129. The van der Waals surface area contributed by atoms with Gasteiger partial charge in [-0.3, -0.25) is 4.89 Å². The van der Waals surface area contributed by atoms with E-state index in [-0.39, 0.29) is 0 Å². The van der Waals surface area contributed by atoms with Crippen LogP contribution in [-0.2, 0) is 9.78 Å². The zero-order valence-corrected chi connectivity index (χ0v) is 3.86. The highest BCUT2D eigenvalue weighted by Crippen LogP contribution is 1.83. The highest BCUT2D eigenvalue weighted by atomic mass is 35.5. The zero-order valence-electron chi connectivity index (χ0n) is 3.10. The molecular weight excluding hydrogens is 107 g/mol. The van der Waals surface area contributed by atoms with E-state index in [2.05, 4.69) is 21.4 Å². The Labute approximate surface area is 39.7 Å². The molecular formula is C2H3ClO3. The number of halogens is 1. The number of rotatable bonds is 1. The topological polar surface area (TPSA) is 35.5 Å². The molecule has 0 atom stereocenters. The van der Waals surface area contributed by atoms with Gasteiger partial charge in [0.25, 0.3) is 0 Å². The van der Waals surface area contributed by atoms with E-state index in [9.17, 15) is 4.79 Å². The summed E-state index contributed by atoms with van der Waals surface area (Å²) in [5, 5.41) is 0. The Balaban J connectivity index is 2.83. The van der Waals surface area contributed by atoms with E-state index in [1.165, 1.54) is 7.11 Å². The second kappa shape index (κ2) is 2.93. The Morgan fingerprint density at radius 1 is 1.83 bits per heavy atom. The molecule has 0 aromatic rings. The predicted molar refractivity (Wildman–Crippen MR) is 19.3 cm³/mol. The molecule has 0 unspecified atom stereocenters. The third-order valence-electron chi connectivity index (χ3n) is 0.149. The monoisotopic (exact) mass is 110 g/mol. The van der Waals surface area contributed by atoms with Crippen LogP contribution in [0.2, 0.25) is 0 Å². The van der Waals surface area contributed by atoms with Crippen molar-refractivity contribution in [2.24, 2.45) is 0 Å². The summed E-state index contributed by atoms with van der Waals surface area (Å²) >= 11 is 4.59. The molecule has 0 saturated carbocycles. The van der Waals surface area contributed by atoms with Crippen molar-refractivity contribution in [2.75, 3.05) is 7.11 Å². The maximum absolute atomic E-state index is 9.46. The lowest BCUT2D eigenvalue weighted by molar-refractivity contribution is -0.204. The molecule has 0 heterocycles. The molecule has 0 N–H and O–H groups in total. The minimum absolute atomic E-state index is 0.961. The Morgan fingerprint density at radius 2 is 2.33 bits per heavy atom. The lowest BCUT2D eigenvalue weighted by Gasteiger charge is -1.85. The standard InChI is InChI=1S/C2H3ClO3/c1-5-6-2(3)4/h1H3. The van der Waals surface area contributed by atoms with Gasteiger partial charge < -0.3 is 0 Å². The van der Waals surface area contributed by atoms with Crippen LogP contribution < -0.4 is 0 Å². The van der Waals surface area contributed by atoms with Crippen LogP contribution in [0.1, 0.15) is 0 Å². The van der Waals surface area contributed by atoms with E-state index in [0.29, 0.717) is 0 Å². The SMILES string of the molecule is COOC(=O)Cl. The molecule has 6 heavy (non-hydrogen) atoms. The summed E-state index contributed by atoms with van der Waals surface area (Å²) in [6.07, 6.45) is 0. The Hall–Kier alpha value is -0.280. The number of carbonyl (C=O) groups is 1. The summed E-state index contributed by atoms with van der Waals surface area (Å²) < 4.78 is 0. The van der Waals surface area contributed by atoms with Gasteiger partial charge in [-0.05, 0) is 0 Å². The van der Waals surface area contributed by atoms with Gasteiger partial charge in [-0.15, -0.1) is 0 Å². The molecule has 3 nitrogen and oxygen atoms in total. The van der Waals surface area contributed by atoms with Crippen LogP contribution in [0.3, 0.4) is 0 Å². The number of hydrogen-bond donors (Lipinski definition) is 0. The first kappa shape index (κ1) is 5.72. The molecule has 0 aliphatic rings. The summed E-state index contributed by atoms with van der Waals surface area (Å²) in [5.41, 5.74) is -0.961. The summed E-state index contributed by atoms with van der Waals surface area (Å²) in [4.78, 5) is 17.0. The molecule has 0 aromatic carbocycles. The van der Waals surface area contributed by atoms with Crippen LogP contribution in [0.15, 0.2) is 0 Å². The van der Waals surface area contributed by atoms with Gasteiger partial charge in [-0.1, -0.05) is 0 Å². The van der Waals surface area contributed by atoms with Crippen LogP contribution >= 0.6 is 11.6 Å². The highest BCUT2D eigenvalue weighted by molar-refractivity contribution is 6.61. The zero-order chi connectivity index (χ0) is 4.99. The molecule has 0 aliphatic carbocycles. The summed E-state index contributed by atoms with van der Waals surface area (Å²) in [6.45, 7) is 0. The van der Waals surface area contributed by atoms with Crippen molar-refractivity contribution in [3.05, 3.63) is 0 Å². The third-order valence-corrected chi connectivity index (χ3v) is 0.212. The lowest BCUT2D eigenvalue weighted by Crippen LogP contribution is -1.88. The molecule has 0 spiro atoms. The van der Waals surface area contributed by atoms with E-state index >= 15 is 0 Å². The molecule has 36 valence electrons. The van der Waals surface area contributed by atoms with Gasteiger partial charge in [0.2, 0.25) is 0 Å². The molecule has 4 heteroatoms. The van der Waals surface area contributed by atoms with E-state index in [0.717, 1.165) is 0 Å². The molecule has 0 aliphatic heterocycles. The van der Waals surface area contributed by atoms with Gasteiger partial charge in [0.05, 0.1) is 7.11 Å². The maximum Gasteiger partial charge on any atom is 0.435 e. The van der Waals surface area contributed by atoms with Crippen molar-refractivity contribution in [3.63, 3.8) is 0 Å². The minimum Gasteiger partial charge on any atom is -0.280 e. The fourth-order valence-electron chi connectivity index (χ4n) is 0.0655. The first-order valence-corrected chi connectivity index (χ1v) is 1.55. The second-order valence-corrected chi connectivity index (χ2v) is 0.796. The number of carbonyl (C=O) groups excluding carboxylic acids is 1. The van der Waals surface area contributed by atoms with Crippen LogP contribution in [0, 0.1) is 0 Å². The summed E-state index contributed by atoms with van der Waals surface area (Å²) in [7, 11) is 1.19. The van der Waals surface area contributed by atoms with Gasteiger partial charge in [0.1, 0.15) is 0 Å². The van der Waals surface area contributed by atoms with E-state index in [1.807, 2.05) is 0 Å². The minimum atomic E-state index is -0.961. The summed E-state index contributed by atoms with van der Waals surface area (Å²) in [5.74, 6) is 0. The van der Waals surface area contributed by atoms with Crippen LogP contribution in [0.4, 0.5) is 4.79 Å². The molecule has 0 amide bonds. The molecule has 0 rings (SSSR count). The van der Waals surface area contributed by atoms with Crippen molar-refractivity contribution in [1.82, 2.24) is 0 Å². The van der Waals surface area contributed by atoms with Gasteiger partial charge in [-0.25, -0.2) is 4.79 Å². The largest absolute Gasteiger partial charge is 0.435 e. The van der Waals surface area contributed by atoms with Crippen molar-refractivity contribution < 1.29 is 14.6 Å². The summed E-state index contributed by atoms with van der Waals surface area (Å²) in [6, 6.07) is 0. The van der Waals surface area contributed by atoms with Gasteiger partial charge >= 0.3 is 5.43 Å². The predicted octanol–water partition coefficient (Wildman–Crippen LogP) is 0.923. The number of hydrogen-bond acceptors (Lipinski definition) is 3. The molecule has 0 saturated heterocycles. The van der Waals surface area contributed by atoms with E-state index in [4.69, 9.17) is 0 Å².